The molecule has 7 heteroatoms. The number of halogens is 2. The second-order valence-electron chi connectivity index (χ2n) is 2.68. The Morgan fingerprint density at radius 2 is 1.80 bits per heavy atom. The average molecular weight is 339 g/mol. The molecule has 0 radical (unpaired) electrons. The number of hydrogen-bond acceptors (Lipinski definition) is 3. The summed E-state index contributed by atoms with van der Waals surface area (Å²) < 4.78 is -1.41. The Balaban J connectivity index is 3.09. The zero-order chi connectivity index (χ0) is 11.6. The number of aliphatic carboxylic acids is 1. The van der Waals surface area contributed by atoms with Gasteiger partial charge in [-0.05, 0) is 17.7 Å². The summed E-state index contributed by atoms with van der Waals surface area (Å²) in [4.78, 5) is 20.6. The zero-order valence-electron chi connectivity index (χ0n) is 7.18. The lowest BCUT2D eigenvalue weighted by molar-refractivity contribution is -0.384. The Hall–Kier alpha value is -0.950. The maximum Gasteiger partial charge on any atom is 0.336 e. The van der Waals surface area contributed by atoms with Gasteiger partial charge in [0.15, 0.2) is 0 Å². The SMILES string of the molecule is O=C(O)C(Br)(Br)c1ccc([N+](=O)[O-])cc1. The molecule has 0 aromatic heterocycles. The summed E-state index contributed by atoms with van der Waals surface area (Å²) >= 11 is 5.93. The Kier molecular flexibility index (Phi) is 3.46. The van der Waals surface area contributed by atoms with Gasteiger partial charge in [0.25, 0.3) is 5.69 Å². The van der Waals surface area contributed by atoms with Crippen LogP contribution in [0.4, 0.5) is 5.69 Å². The molecule has 0 amide bonds. The van der Waals surface area contributed by atoms with Crippen LogP contribution in [0, 0.1) is 10.1 Å². The lowest BCUT2D eigenvalue weighted by Crippen LogP contribution is -2.21. The van der Waals surface area contributed by atoms with Crippen LogP contribution in [0.5, 0.6) is 0 Å². The summed E-state index contributed by atoms with van der Waals surface area (Å²) in [5, 5.41) is 19.2. The van der Waals surface area contributed by atoms with Gasteiger partial charge < -0.3 is 5.11 Å². The smallest absolute Gasteiger partial charge is 0.336 e. The molecule has 0 aliphatic carbocycles. The number of carboxylic acids is 1. The van der Waals surface area contributed by atoms with E-state index >= 15 is 0 Å². The summed E-state index contributed by atoms with van der Waals surface area (Å²) in [7, 11) is 0. The van der Waals surface area contributed by atoms with Gasteiger partial charge in [-0.25, -0.2) is 4.79 Å². The van der Waals surface area contributed by atoms with Gasteiger partial charge in [0.05, 0.1) is 4.92 Å². The van der Waals surface area contributed by atoms with Crippen molar-refractivity contribution in [2.45, 2.75) is 3.23 Å². The molecule has 0 saturated carbocycles. The predicted octanol–water partition coefficient (Wildman–Crippen LogP) is 2.62. The maximum absolute atomic E-state index is 10.8. The van der Waals surface area contributed by atoms with E-state index in [1.807, 2.05) is 0 Å². The first-order valence-corrected chi connectivity index (χ1v) is 5.30. The topological polar surface area (TPSA) is 80.4 Å². The normalized spacial score (nSPS) is 11.1. The van der Waals surface area contributed by atoms with Crippen molar-refractivity contribution in [2.75, 3.05) is 0 Å². The van der Waals surface area contributed by atoms with E-state index in [9.17, 15) is 14.9 Å². The second kappa shape index (κ2) is 4.28. The summed E-state index contributed by atoms with van der Waals surface area (Å²) in [5.74, 6) is -1.13. The Morgan fingerprint density at radius 3 is 2.13 bits per heavy atom. The van der Waals surface area contributed by atoms with Crippen LogP contribution in [0.3, 0.4) is 0 Å². The van der Waals surface area contributed by atoms with Crippen LogP contribution in [-0.4, -0.2) is 16.0 Å². The maximum atomic E-state index is 10.8. The van der Waals surface area contributed by atoms with Crippen LogP contribution >= 0.6 is 31.9 Å². The van der Waals surface area contributed by atoms with Crippen molar-refractivity contribution in [3.05, 3.63) is 39.9 Å². The zero-order valence-corrected chi connectivity index (χ0v) is 10.4. The molecule has 0 bridgehead atoms. The van der Waals surface area contributed by atoms with Crippen LogP contribution in [-0.2, 0) is 8.03 Å². The number of carboxylic acid groups (broad SMARTS) is 1. The van der Waals surface area contributed by atoms with Crippen LogP contribution < -0.4 is 0 Å². The summed E-state index contributed by atoms with van der Waals surface area (Å²) in [5.41, 5.74) is 0.292. The highest BCUT2D eigenvalue weighted by Gasteiger charge is 2.34. The molecule has 0 fully saturated rings. The molecule has 0 unspecified atom stereocenters. The van der Waals surface area contributed by atoms with E-state index in [4.69, 9.17) is 5.11 Å². The van der Waals surface area contributed by atoms with Crippen molar-refractivity contribution in [3.8, 4) is 0 Å². The average Bonchev–Trinajstić information content (AvgIpc) is 2.17. The van der Waals surface area contributed by atoms with Crippen molar-refractivity contribution in [2.24, 2.45) is 0 Å². The monoisotopic (exact) mass is 337 g/mol. The van der Waals surface area contributed by atoms with Crippen LogP contribution in [0.1, 0.15) is 5.56 Å². The number of carbonyl (C=O) groups is 1. The highest BCUT2D eigenvalue weighted by atomic mass is 79.9. The Morgan fingerprint density at radius 1 is 1.33 bits per heavy atom. The largest absolute Gasteiger partial charge is 0.479 e. The highest BCUT2D eigenvalue weighted by Crippen LogP contribution is 2.38. The molecular weight excluding hydrogens is 334 g/mol. The fourth-order valence-corrected chi connectivity index (χ4v) is 1.44. The molecule has 15 heavy (non-hydrogen) atoms. The lowest BCUT2D eigenvalue weighted by atomic mass is 10.1. The van der Waals surface area contributed by atoms with Gasteiger partial charge in [0, 0.05) is 12.1 Å². The number of rotatable bonds is 3. The number of nitro benzene ring substituents is 1. The van der Waals surface area contributed by atoms with Gasteiger partial charge in [-0.15, -0.1) is 0 Å². The number of nitro groups is 1. The van der Waals surface area contributed by atoms with E-state index in [1.54, 1.807) is 0 Å². The van der Waals surface area contributed by atoms with E-state index in [0.29, 0.717) is 5.56 Å². The van der Waals surface area contributed by atoms with Gasteiger partial charge in [0.2, 0.25) is 3.23 Å². The summed E-state index contributed by atoms with van der Waals surface area (Å²) in [6.45, 7) is 0. The van der Waals surface area contributed by atoms with Crippen molar-refractivity contribution in [1.82, 2.24) is 0 Å². The lowest BCUT2D eigenvalue weighted by Gasteiger charge is -2.14. The van der Waals surface area contributed by atoms with Gasteiger partial charge in [0.1, 0.15) is 0 Å². The molecule has 5 nitrogen and oxygen atoms in total. The van der Waals surface area contributed by atoms with Gasteiger partial charge in [-0.1, -0.05) is 31.9 Å². The first kappa shape index (κ1) is 12.1. The van der Waals surface area contributed by atoms with E-state index in [1.165, 1.54) is 24.3 Å². The third-order valence-corrected chi connectivity index (χ3v) is 3.30. The third-order valence-electron chi connectivity index (χ3n) is 1.71. The first-order chi connectivity index (χ1) is 6.85. The summed E-state index contributed by atoms with van der Waals surface area (Å²) in [6.07, 6.45) is 0. The molecule has 0 aliphatic rings. The van der Waals surface area contributed by atoms with Gasteiger partial charge in [-0.2, -0.15) is 0 Å². The molecule has 0 saturated heterocycles. The number of non-ortho nitro benzene ring substituents is 1. The van der Waals surface area contributed by atoms with Gasteiger partial charge in [-0.3, -0.25) is 10.1 Å². The fraction of sp³-hybridized carbons (Fsp3) is 0.125. The number of hydrogen-bond donors (Lipinski definition) is 1. The quantitative estimate of drug-likeness (QED) is 0.522. The number of benzene rings is 1. The van der Waals surface area contributed by atoms with Crippen molar-refractivity contribution >= 4 is 43.5 Å². The van der Waals surface area contributed by atoms with E-state index in [2.05, 4.69) is 31.9 Å². The molecule has 1 N–H and O–H groups in total. The van der Waals surface area contributed by atoms with Crippen molar-refractivity contribution < 1.29 is 14.8 Å². The minimum absolute atomic E-state index is 0.0834. The van der Waals surface area contributed by atoms with Crippen molar-refractivity contribution in [3.63, 3.8) is 0 Å². The van der Waals surface area contributed by atoms with Crippen LogP contribution in [0.25, 0.3) is 0 Å². The van der Waals surface area contributed by atoms with Crippen molar-refractivity contribution in [1.29, 1.82) is 0 Å². The van der Waals surface area contributed by atoms with Crippen LogP contribution in [0.2, 0.25) is 0 Å². The molecule has 0 aliphatic heterocycles. The second-order valence-corrected chi connectivity index (χ2v) is 6.13. The van der Waals surface area contributed by atoms with E-state index < -0.39 is 14.1 Å². The van der Waals surface area contributed by atoms with E-state index in [-0.39, 0.29) is 5.69 Å². The Labute approximate surface area is 102 Å². The molecule has 1 aromatic rings. The fourth-order valence-electron chi connectivity index (χ4n) is 0.916. The molecule has 0 spiro atoms. The molecule has 80 valence electrons. The minimum Gasteiger partial charge on any atom is -0.479 e. The molecule has 1 rings (SSSR count). The van der Waals surface area contributed by atoms with Gasteiger partial charge >= 0.3 is 5.97 Å². The first-order valence-electron chi connectivity index (χ1n) is 3.72. The highest BCUT2D eigenvalue weighted by molar-refractivity contribution is 9.25. The standard InChI is InChI=1S/C8H5Br2NO4/c9-8(10,7(12)13)5-1-3-6(4-2-5)11(14)15/h1-4H,(H,12,13). The molecule has 0 heterocycles. The van der Waals surface area contributed by atoms with Crippen LogP contribution in [0.15, 0.2) is 24.3 Å². The summed E-state index contributed by atoms with van der Waals surface area (Å²) in [6, 6.07) is 5.23. The Bertz CT molecular complexity index is 402. The minimum atomic E-state index is -1.41. The molecular formula is C8H5Br2NO4. The number of nitrogens with zero attached hydrogens (tertiary/aromatic N) is 1. The predicted molar refractivity (Wildman–Crippen MR) is 60.3 cm³/mol. The molecule has 0 atom stereocenters. The van der Waals surface area contributed by atoms with E-state index in [0.717, 1.165) is 0 Å². The number of alkyl halides is 2. The third kappa shape index (κ3) is 2.54. The molecule has 1 aromatic carbocycles.